The fourth-order valence-corrected chi connectivity index (χ4v) is 8.27. The molecule has 228 valence electrons. The molecule has 1 atom stereocenters. The molecule has 3 aromatic heterocycles. The lowest BCUT2D eigenvalue weighted by molar-refractivity contribution is -0.171. The fourth-order valence-electron chi connectivity index (χ4n) is 3.88. The van der Waals surface area contributed by atoms with Crippen molar-refractivity contribution in [2.45, 2.75) is 24.0 Å². The highest BCUT2D eigenvalue weighted by atomic mass is 32.2. The van der Waals surface area contributed by atoms with E-state index >= 15 is 0 Å². The summed E-state index contributed by atoms with van der Waals surface area (Å²) in [6.07, 6.45) is -3.74. The SMILES string of the molecule is O=C(NCS(=O)c1ccsn1)c1cc2c(=O)n(S(=O)(=O)CC3CCN(S(=O)(=O)NC(=O)C(F)(F)F)CC3)cnc2cn1. The first-order valence-corrected chi connectivity index (χ1v) is 16.9. The Labute approximate surface area is 242 Å². The molecule has 3 aromatic rings. The van der Waals surface area contributed by atoms with Gasteiger partial charge in [-0.1, -0.05) is 0 Å². The molecule has 4 rings (SSSR count). The second-order valence-corrected chi connectivity index (χ2v) is 14.4. The molecule has 1 saturated heterocycles. The highest BCUT2D eigenvalue weighted by Crippen LogP contribution is 2.22. The van der Waals surface area contributed by atoms with E-state index in [-0.39, 0.29) is 53.4 Å². The zero-order valence-electron chi connectivity index (χ0n) is 21.0. The smallest absolute Gasteiger partial charge is 0.339 e. The zero-order valence-corrected chi connectivity index (χ0v) is 24.2. The molecular weight excluding hydrogens is 652 g/mol. The van der Waals surface area contributed by atoms with Crippen LogP contribution in [-0.4, -0.2) is 86.4 Å². The van der Waals surface area contributed by atoms with Crippen LogP contribution in [0, 0.1) is 5.92 Å². The summed E-state index contributed by atoms with van der Waals surface area (Å²) in [4.78, 5) is 44.5. The lowest BCUT2D eigenvalue weighted by Crippen LogP contribution is -2.50. The van der Waals surface area contributed by atoms with Gasteiger partial charge in [0.05, 0.1) is 33.7 Å². The van der Waals surface area contributed by atoms with Gasteiger partial charge in [0.25, 0.3) is 11.5 Å². The molecule has 0 aromatic carbocycles. The summed E-state index contributed by atoms with van der Waals surface area (Å²) in [5.74, 6) is -5.03. The van der Waals surface area contributed by atoms with Crippen molar-refractivity contribution < 1.29 is 43.8 Å². The number of carbonyl (C=O) groups excluding carboxylic acids is 2. The van der Waals surface area contributed by atoms with Crippen LogP contribution in [0.5, 0.6) is 0 Å². The third-order valence-electron chi connectivity index (χ3n) is 6.00. The maximum absolute atomic E-state index is 13.1. The van der Waals surface area contributed by atoms with Crippen molar-refractivity contribution in [3.05, 3.63) is 46.1 Å². The van der Waals surface area contributed by atoms with E-state index in [1.165, 1.54) is 6.07 Å². The minimum absolute atomic E-state index is 0.00605. The first-order valence-electron chi connectivity index (χ1n) is 11.6. The monoisotopic (exact) mass is 671 g/mol. The minimum atomic E-state index is -5.41. The van der Waals surface area contributed by atoms with Crippen molar-refractivity contribution in [1.82, 2.24) is 32.7 Å². The van der Waals surface area contributed by atoms with Crippen LogP contribution in [0.25, 0.3) is 10.9 Å². The predicted octanol–water partition coefficient (Wildman–Crippen LogP) is -0.444. The summed E-state index contributed by atoms with van der Waals surface area (Å²) in [5.41, 5.74) is -1.30. The highest BCUT2D eigenvalue weighted by molar-refractivity contribution is 7.89. The predicted molar refractivity (Wildman–Crippen MR) is 141 cm³/mol. The van der Waals surface area contributed by atoms with Crippen molar-refractivity contribution in [3.8, 4) is 0 Å². The average Bonchev–Trinajstić information content (AvgIpc) is 3.46. The van der Waals surface area contributed by atoms with Crippen molar-refractivity contribution in [1.29, 1.82) is 0 Å². The third-order valence-corrected chi connectivity index (χ3v) is 11.0. The Kier molecular flexibility index (Phi) is 9.11. The van der Waals surface area contributed by atoms with Crippen LogP contribution in [0.15, 0.2) is 39.9 Å². The van der Waals surface area contributed by atoms with E-state index < -0.39 is 66.3 Å². The molecule has 0 saturated carbocycles. The van der Waals surface area contributed by atoms with Crippen molar-refractivity contribution in [3.63, 3.8) is 0 Å². The standard InChI is InChI=1S/C20H20F3N7O8S4/c21-20(22,23)19(33)28-42(37,38)29-4-1-12(2-5-29)9-41(35,36)30-10-25-15-8-24-14(7-13(15)18(30)32)17(31)26-11-40(34)16-3-6-39-27-16/h3,6-8,10,12H,1-2,4-5,9,11H2,(H,26,31)(H,28,33). The number of fused-ring (bicyclic) bond motifs is 1. The molecule has 1 aliphatic rings. The number of alkyl halides is 3. The lowest BCUT2D eigenvalue weighted by Gasteiger charge is -2.30. The number of pyridine rings is 1. The van der Waals surface area contributed by atoms with Gasteiger partial charge >= 0.3 is 22.3 Å². The maximum Gasteiger partial charge on any atom is 0.472 e. The van der Waals surface area contributed by atoms with Crippen molar-refractivity contribution >= 4 is 65.3 Å². The van der Waals surface area contributed by atoms with E-state index in [0.717, 1.165) is 34.8 Å². The van der Waals surface area contributed by atoms with Crippen LogP contribution >= 0.6 is 11.5 Å². The van der Waals surface area contributed by atoms with Crippen LogP contribution < -0.4 is 15.6 Å². The molecular formula is C20H20F3N7O8S4. The van der Waals surface area contributed by atoms with Gasteiger partial charge in [0.2, 0.25) is 10.0 Å². The maximum atomic E-state index is 13.1. The average molecular weight is 672 g/mol. The van der Waals surface area contributed by atoms with Crippen LogP contribution in [0.2, 0.25) is 0 Å². The van der Waals surface area contributed by atoms with E-state index in [1.54, 1.807) is 5.38 Å². The fraction of sp³-hybridized carbons (Fsp3) is 0.400. The molecule has 0 spiro atoms. The summed E-state index contributed by atoms with van der Waals surface area (Å²) < 4.78 is 106. The molecule has 1 fully saturated rings. The van der Waals surface area contributed by atoms with Gasteiger partial charge in [0, 0.05) is 18.5 Å². The van der Waals surface area contributed by atoms with Gasteiger partial charge in [-0.3, -0.25) is 18.6 Å². The zero-order chi connectivity index (χ0) is 30.9. The summed E-state index contributed by atoms with van der Waals surface area (Å²) in [5, 5.41) is 4.03. The summed E-state index contributed by atoms with van der Waals surface area (Å²) in [6.45, 7) is -0.744. The molecule has 0 aliphatic carbocycles. The Morgan fingerprint density at radius 2 is 1.83 bits per heavy atom. The largest absolute Gasteiger partial charge is 0.472 e. The minimum Gasteiger partial charge on any atom is -0.339 e. The quantitative estimate of drug-likeness (QED) is 0.298. The second kappa shape index (κ2) is 12.1. The van der Waals surface area contributed by atoms with Gasteiger partial charge in [-0.25, -0.2) is 23.1 Å². The van der Waals surface area contributed by atoms with Gasteiger partial charge in [0.1, 0.15) is 22.9 Å². The summed E-state index contributed by atoms with van der Waals surface area (Å²) in [7, 11) is -10.8. The van der Waals surface area contributed by atoms with Gasteiger partial charge < -0.3 is 5.32 Å². The summed E-state index contributed by atoms with van der Waals surface area (Å²) in [6, 6.07) is 2.56. The number of aromatic nitrogens is 4. The molecule has 0 bridgehead atoms. The van der Waals surface area contributed by atoms with Crippen LogP contribution in [0.1, 0.15) is 23.3 Å². The molecule has 1 unspecified atom stereocenters. The van der Waals surface area contributed by atoms with Crippen LogP contribution in [-0.2, 0) is 35.8 Å². The van der Waals surface area contributed by atoms with E-state index in [1.807, 2.05) is 0 Å². The van der Waals surface area contributed by atoms with E-state index in [2.05, 4.69) is 19.7 Å². The Bertz CT molecular complexity index is 1800. The number of piperidine rings is 1. The van der Waals surface area contributed by atoms with Gasteiger partial charge in [-0.2, -0.15) is 34.2 Å². The number of halogens is 3. The van der Waals surface area contributed by atoms with Crippen molar-refractivity contribution in [2.75, 3.05) is 24.7 Å². The Hall–Kier alpha value is -3.34. The number of hydrogen-bond acceptors (Lipinski definition) is 12. The normalized spacial score (nSPS) is 16.3. The van der Waals surface area contributed by atoms with Crippen LogP contribution in [0.3, 0.4) is 0 Å². The molecule has 22 heteroatoms. The van der Waals surface area contributed by atoms with E-state index in [4.69, 9.17) is 0 Å². The molecule has 2 N–H and O–H groups in total. The number of carbonyl (C=O) groups is 2. The van der Waals surface area contributed by atoms with Crippen molar-refractivity contribution in [2.24, 2.45) is 5.92 Å². The first-order chi connectivity index (χ1) is 19.6. The van der Waals surface area contributed by atoms with Gasteiger partial charge in [0.15, 0.2) is 0 Å². The number of nitrogens with one attached hydrogen (secondary N) is 2. The Morgan fingerprint density at radius 3 is 2.45 bits per heavy atom. The molecule has 42 heavy (non-hydrogen) atoms. The Balaban J connectivity index is 1.44. The summed E-state index contributed by atoms with van der Waals surface area (Å²) >= 11 is 1.08. The highest BCUT2D eigenvalue weighted by Gasteiger charge is 2.43. The number of nitrogens with zero attached hydrogens (tertiary/aromatic N) is 5. The molecule has 4 heterocycles. The van der Waals surface area contributed by atoms with E-state index in [0.29, 0.717) is 8.28 Å². The second-order valence-electron chi connectivity index (χ2n) is 8.82. The topological polar surface area (TPSA) is 207 Å². The molecule has 15 nitrogen and oxygen atoms in total. The Morgan fingerprint density at radius 1 is 1.14 bits per heavy atom. The third kappa shape index (κ3) is 7.17. The number of amides is 2. The number of hydrogen-bond donors (Lipinski definition) is 2. The van der Waals surface area contributed by atoms with Gasteiger partial charge in [-0.15, -0.1) is 0 Å². The first kappa shape index (κ1) is 31.6. The molecule has 1 aliphatic heterocycles. The van der Waals surface area contributed by atoms with Gasteiger partial charge in [-0.05, 0) is 42.4 Å². The lowest BCUT2D eigenvalue weighted by atomic mass is 10.0. The van der Waals surface area contributed by atoms with E-state index in [9.17, 15) is 48.6 Å². The molecule has 0 radical (unpaired) electrons. The van der Waals surface area contributed by atoms with Crippen LogP contribution in [0.4, 0.5) is 13.2 Å². The molecule has 2 amide bonds. The number of rotatable bonds is 9.